The monoisotopic (exact) mass is 357 g/mol. The van der Waals surface area contributed by atoms with E-state index < -0.39 is 23.7 Å². The van der Waals surface area contributed by atoms with Crippen LogP contribution in [0.5, 0.6) is 0 Å². The standard InChI is InChI=1S/C18H15NO7/c1-25-17(23)12-8-5-6-10-19(14(12)18(24)26-2)13-9-4-3-7-11(13)15(20)16(21)22/h3-10H,1-2H3,(H,21,22). The number of nitrogens with zero attached hydrogens (tertiary/aromatic N) is 1. The third-order valence-corrected chi connectivity index (χ3v) is 3.49. The molecule has 134 valence electrons. The highest BCUT2D eigenvalue weighted by molar-refractivity contribution is 6.41. The predicted octanol–water partition coefficient (Wildman–Crippen LogP) is 1.44. The van der Waals surface area contributed by atoms with Crippen molar-refractivity contribution in [3.8, 4) is 0 Å². The van der Waals surface area contributed by atoms with Crippen molar-refractivity contribution < 1.29 is 33.8 Å². The maximum Gasteiger partial charge on any atom is 0.377 e. The van der Waals surface area contributed by atoms with Crippen molar-refractivity contribution in [2.75, 3.05) is 19.1 Å². The molecular weight excluding hydrogens is 342 g/mol. The first kappa shape index (κ1) is 18.7. The van der Waals surface area contributed by atoms with Gasteiger partial charge in [0, 0.05) is 6.20 Å². The van der Waals surface area contributed by atoms with Gasteiger partial charge in [-0.1, -0.05) is 18.2 Å². The van der Waals surface area contributed by atoms with Crippen molar-refractivity contribution in [1.82, 2.24) is 0 Å². The second-order valence-corrected chi connectivity index (χ2v) is 4.97. The predicted molar refractivity (Wildman–Crippen MR) is 90.2 cm³/mol. The summed E-state index contributed by atoms with van der Waals surface area (Å²) in [4.78, 5) is 48.8. The zero-order valence-electron chi connectivity index (χ0n) is 14.0. The average Bonchev–Trinajstić information content (AvgIpc) is 2.88. The van der Waals surface area contributed by atoms with E-state index in [2.05, 4.69) is 0 Å². The van der Waals surface area contributed by atoms with Gasteiger partial charge in [0.1, 0.15) is 5.70 Å². The van der Waals surface area contributed by atoms with Crippen LogP contribution in [0.15, 0.2) is 60.0 Å². The quantitative estimate of drug-likeness (QED) is 0.479. The lowest BCUT2D eigenvalue weighted by atomic mass is 10.1. The Labute approximate surface area is 148 Å². The third-order valence-electron chi connectivity index (χ3n) is 3.49. The van der Waals surface area contributed by atoms with Gasteiger partial charge in [-0.15, -0.1) is 0 Å². The normalized spacial score (nSPS) is 13.2. The third kappa shape index (κ3) is 3.54. The van der Waals surface area contributed by atoms with Gasteiger partial charge in [0.15, 0.2) is 0 Å². The summed E-state index contributed by atoms with van der Waals surface area (Å²) >= 11 is 0. The van der Waals surface area contributed by atoms with Gasteiger partial charge in [-0.3, -0.25) is 4.79 Å². The van der Waals surface area contributed by atoms with Gasteiger partial charge in [0.25, 0.3) is 5.78 Å². The van der Waals surface area contributed by atoms with Gasteiger partial charge in [-0.25, -0.2) is 14.4 Å². The van der Waals surface area contributed by atoms with Crippen molar-refractivity contribution in [2.45, 2.75) is 0 Å². The van der Waals surface area contributed by atoms with E-state index in [1.165, 1.54) is 47.5 Å². The molecule has 1 aliphatic heterocycles. The maximum absolute atomic E-state index is 12.4. The number of carboxylic acid groups (broad SMARTS) is 1. The number of ether oxygens (including phenoxy) is 2. The highest BCUT2D eigenvalue weighted by Gasteiger charge is 2.30. The van der Waals surface area contributed by atoms with Gasteiger partial charge >= 0.3 is 17.9 Å². The molecule has 26 heavy (non-hydrogen) atoms. The highest BCUT2D eigenvalue weighted by Crippen LogP contribution is 2.29. The van der Waals surface area contributed by atoms with E-state index in [0.717, 1.165) is 14.2 Å². The molecule has 8 nitrogen and oxygen atoms in total. The fourth-order valence-corrected chi connectivity index (χ4v) is 2.34. The Morgan fingerprint density at radius 1 is 0.962 bits per heavy atom. The van der Waals surface area contributed by atoms with Crippen LogP contribution in [0.3, 0.4) is 0 Å². The number of hydrogen-bond acceptors (Lipinski definition) is 7. The molecule has 1 aromatic carbocycles. The van der Waals surface area contributed by atoms with Gasteiger partial charge in [-0.05, 0) is 24.3 Å². The van der Waals surface area contributed by atoms with Crippen LogP contribution in [0.25, 0.3) is 0 Å². The van der Waals surface area contributed by atoms with Crippen molar-refractivity contribution in [3.05, 3.63) is 65.5 Å². The second-order valence-electron chi connectivity index (χ2n) is 4.97. The zero-order chi connectivity index (χ0) is 19.3. The minimum Gasteiger partial charge on any atom is -0.475 e. The van der Waals surface area contributed by atoms with Crippen molar-refractivity contribution in [3.63, 3.8) is 0 Å². The van der Waals surface area contributed by atoms with Crippen molar-refractivity contribution in [1.29, 1.82) is 0 Å². The number of Topliss-reactive ketones (excluding diaryl/α,β-unsaturated/α-hetero) is 1. The average molecular weight is 357 g/mol. The molecule has 1 heterocycles. The number of benzene rings is 1. The van der Waals surface area contributed by atoms with Gasteiger partial charge < -0.3 is 19.5 Å². The van der Waals surface area contributed by atoms with Gasteiger partial charge in [0.2, 0.25) is 0 Å². The summed E-state index contributed by atoms with van der Waals surface area (Å²) < 4.78 is 9.45. The molecule has 0 saturated carbocycles. The first-order valence-corrected chi connectivity index (χ1v) is 7.34. The molecule has 0 amide bonds. The molecule has 2 rings (SSSR count). The van der Waals surface area contributed by atoms with E-state index in [9.17, 15) is 19.2 Å². The Morgan fingerprint density at radius 3 is 2.23 bits per heavy atom. The van der Waals surface area contributed by atoms with E-state index in [1.54, 1.807) is 6.07 Å². The summed E-state index contributed by atoms with van der Waals surface area (Å²) in [7, 11) is 2.29. The topological polar surface area (TPSA) is 110 Å². The molecule has 0 bridgehead atoms. The second kappa shape index (κ2) is 7.93. The number of anilines is 1. The van der Waals surface area contributed by atoms with E-state index in [1.807, 2.05) is 0 Å². The summed E-state index contributed by atoms with van der Waals surface area (Å²) in [5.41, 5.74) is -0.379. The Morgan fingerprint density at radius 2 is 1.62 bits per heavy atom. The molecular formula is C18H15NO7. The van der Waals surface area contributed by atoms with Crippen molar-refractivity contribution >= 4 is 29.4 Å². The van der Waals surface area contributed by atoms with Crippen molar-refractivity contribution in [2.24, 2.45) is 0 Å². The van der Waals surface area contributed by atoms with E-state index in [4.69, 9.17) is 14.6 Å². The summed E-state index contributed by atoms with van der Waals surface area (Å²) in [6.45, 7) is 0. The molecule has 0 saturated heterocycles. The molecule has 0 radical (unpaired) electrons. The number of aliphatic carboxylic acids is 1. The van der Waals surface area contributed by atoms with Crippen LogP contribution in [0.2, 0.25) is 0 Å². The zero-order valence-corrected chi connectivity index (χ0v) is 14.0. The molecule has 1 aliphatic rings. The van der Waals surface area contributed by atoms with Crippen LogP contribution in [-0.2, 0) is 23.9 Å². The number of esters is 2. The highest BCUT2D eigenvalue weighted by atomic mass is 16.5. The Kier molecular flexibility index (Phi) is 5.69. The van der Waals surface area contributed by atoms with E-state index >= 15 is 0 Å². The summed E-state index contributed by atoms with van der Waals surface area (Å²) in [6.07, 6.45) is 5.78. The lowest BCUT2D eigenvalue weighted by molar-refractivity contribution is -0.139. The maximum atomic E-state index is 12.4. The smallest absolute Gasteiger partial charge is 0.377 e. The molecule has 0 aliphatic carbocycles. The van der Waals surface area contributed by atoms with E-state index in [0.29, 0.717) is 0 Å². The first-order chi connectivity index (χ1) is 12.4. The SMILES string of the molecule is COC(=O)C1=C(C(=O)OC)N(c2ccccc2C(=O)C(=O)O)C=CC=C1. The Hall–Kier alpha value is -3.68. The number of hydrogen-bond donors (Lipinski definition) is 1. The van der Waals surface area contributed by atoms with Crippen LogP contribution in [0, 0.1) is 0 Å². The number of carboxylic acids is 1. The number of rotatable bonds is 5. The number of carbonyl (C=O) groups is 4. The minimum absolute atomic E-state index is 0.0988. The molecule has 0 spiro atoms. The van der Waals surface area contributed by atoms with Gasteiger partial charge in [0.05, 0.1) is 31.0 Å². The molecule has 1 N–H and O–H groups in total. The van der Waals surface area contributed by atoms with Crippen LogP contribution < -0.4 is 4.90 Å². The fourth-order valence-electron chi connectivity index (χ4n) is 2.34. The molecule has 0 unspecified atom stereocenters. The molecule has 0 fully saturated rings. The largest absolute Gasteiger partial charge is 0.475 e. The number of para-hydroxylation sites is 1. The summed E-state index contributed by atoms with van der Waals surface area (Å²) in [6, 6.07) is 5.81. The van der Waals surface area contributed by atoms with Gasteiger partial charge in [-0.2, -0.15) is 0 Å². The minimum atomic E-state index is -1.65. The Balaban J connectivity index is 2.75. The molecule has 1 aromatic rings. The number of ketones is 1. The summed E-state index contributed by atoms with van der Waals surface area (Å²) in [5.74, 6) is -4.46. The number of carbonyl (C=O) groups excluding carboxylic acids is 3. The molecule has 0 aromatic heterocycles. The van der Waals surface area contributed by atoms with Crippen LogP contribution in [0.4, 0.5) is 5.69 Å². The Bertz CT molecular complexity index is 864. The molecule has 8 heteroatoms. The van der Waals surface area contributed by atoms with Crippen LogP contribution in [0.1, 0.15) is 10.4 Å². The van der Waals surface area contributed by atoms with Crippen LogP contribution in [-0.4, -0.2) is 43.0 Å². The lowest BCUT2D eigenvalue weighted by Crippen LogP contribution is -2.28. The number of allylic oxidation sites excluding steroid dienone is 2. The lowest BCUT2D eigenvalue weighted by Gasteiger charge is -2.24. The summed E-state index contributed by atoms with van der Waals surface area (Å²) in [5, 5.41) is 9.04. The van der Waals surface area contributed by atoms with Crippen LogP contribution >= 0.6 is 0 Å². The first-order valence-electron chi connectivity index (χ1n) is 7.34. The van der Waals surface area contributed by atoms with E-state index in [-0.39, 0.29) is 22.5 Å². The number of methoxy groups -OCH3 is 2. The fraction of sp³-hybridized carbons (Fsp3) is 0.111. The molecule has 0 atom stereocenters.